The van der Waals surface area contributed by atoms with E-state index in [1.165, 1.54) is 4.90 Å². The maximum absolute atomic E-state index is 12.1. The predicted molar refractivity (Wildman–Crippen MR) is 77.0 cm³/mol. The van der Waals surface area contributed by atoms with E-state index in [4.69, 9.17) is 10.2 Å². The predicted octanol–water partition coefficient (Wildman–Crippen LogP) is 0.00560. The molecule has 21 heavy (non-hydrogen) atoms. The number of hydrogen-bond donors (Lipinski definition) is 3. The van der Waals surface area contributed by atoms with Crippen LogP contribution >= 0.6 is 0 Å². The highest BCUT2D eigenvalue weighted by Gasteiger charge is 2.34. The lowest BCUT2D eigenvalue weighted by atomic mass is 10.1. The number of nitrogens with zero attached hydrogens (tertiary/aromatic N) is 1. The van der Waals surface area contributed by atoms with Crippen LogP contribution in [0.3, 0.4) is 0 Å². The summed E-state index contributed by atoms with van der Waals surface area (Å²) < 4.78 is 0. The van der Waals surface area contributed by atoms with Crippen molar-refractivity contribution in [2.75, 3.05) is 26.3 Å². The molecule has 0 saturated heterocycles. The zero-order valence-corrected chi connectivity index (χ0v) is 12.0. The molecular formula is C15H20N2O4. The van der Waals surface area contributed by atoms with Crippen LogP contribution in [0.5, 0.6) is 0 Å². The normalized spacial score (nSPS) is 14.7. The van der Waals surface area contributed by atoms with Gasteiger partial charge in [-0.05, 0) is 32.0 Å². The van der Waals surface area contributed by atoms with Gasteiger partial charge in [0.1, 0.15) is 0 Å². The number of aliphatic hydroxyl groups excluding tert-OH is 2. The molecule has 2 rings (SSSR count). The molecule has 1 aromatic carbocycles. The average Bonchev–Trinajstić information content (AvgIpc) is 2.76. The quantitative estimate of drug-likeness (QED) is 0.486. The smallest absolute Gasteiger partial charge is 0.261 e. The lowest BCUT2D eigenvalue weighted by molar-refractivity contribution is 0.0646. The Balaban J connectivity index is 1.89. The number of benzene rings is 1. The number of nitrogens with one attached hydrogen (secondary N) is 1. The minimum atomic E-state index is -0.748. The molecule has 1 aliphatic rings. The van der Waals surface area contributed by atoms with Crippen LogP contribution < -0.4 is 5.32 Å². The number of imide groups is 1. The Kier molecular flexibility index (Phi) is 4.72. The van der Waals surface area contributed by atoms with Crippen molar-refractivity contribution in [2.24, 2.45) is 0 Å². The second kappa shape index (κ2) is 6.34. The van der Waals surface area contributed by atoms with Gasteiger partial charge in [-0.1, -0.05) is 12.1 Å². The summed E-state index contributed by atoms with van der Waals surface area (Å²) in [5.41, 5.74) is 0.152. The highest BCUT2D eigenvalue weighted by Crippen LogP contribution is 2.22. The number of amides is 2. The molecule has 0 atom stereocenters. The Morgan fingerprint density at radius 1 is 1.10 bits per heavy atom. The number of carbonyl (C=O) groups is 2. The second-order valence-corrected chi connectivity index (χ2v) is 5.46. The number of rotatable bonds is 7. The molecule has 1 heterocycles. The van der Waals surface area contributed by atoms with Crippen LogP contribution in [-0.4, -0.2) is 58.8 Å². The van der Waals surface area contributed by atoms with E-state index in [2.05, 4.69) is 5.32 Å². The highest BCUT2D eigenvalue weighted by molar-refractivity contribution is 6.21. The molecule has 3 N–H and O–H groups in total. The van der Waals surface area contributed by atoms with Gasteiger partial charge >= 0.3 is 0 Å². The van der Waals surface area contributed by atoms with Gasteiger partial charge in [0.2, 0.25) is 0 Å². The Labute approximate surface area is 123 Å². The van der Waals surface area contributed by atoms with Crippen LogP contribution in [0.4, 0.5) is 0 Å². The van der Waals surface area contributed by atoms with Gasteiger partial charge in [0, 0.05) is 6.54 Å². The third-order valence-electron chi connectivity index (χ3n) is 3.69. The monoisotopic (exact) mass is 292 g/mol. The first-order valence-corrected chi connectivity index (χ1v) is 6.94. The van der Waals surface area contributed by atoms with Crippen LogP contribution in [0.25, 0.3) is 0 Å². The molecule has 0 fully saturated rings. The van der Waals surface area contributed by atoms with E-state index in [1.807, 2.05) is 0 Å². The molecule has 1 aliphatic heterocycles. The Bertz CT molecular complexity index is 505. The molecule has 6 heteroatoms. The van der Waals surface area contributed by atoms with E-state index in [1.54, 1.807) is 31.2 Å². The first-order chi connectivity index (χ1) is 10.0. The van der Waals surface area contributed by atoms with E-state index in [0.29, 0.717) is 30.6 Å². The van der Waals surface area contributed by atoms with Crippen LogP contribution in [-0.2, 0) is 0 Å². The first-order valence-electron chi connectivity index (χ1n) is 6.94. The Morgan fingerprint density at radius 3 is 2.10 bits per heavy atom. The molecule has 0 spiro atoms. The van der Waals surface area contributed by atoms with Crippen molar-refractivity contribution in [3.05, 3.63) is 35.4 Å². The van der Waals surface area contributed by atoms with Gasteiger partial charge in [-0.2, -0.15) is 0 Å². The van der Waals surface area contributed by atoms with Crippen LogP contribution in [0, 0.1) is 0 Å². The van der Waals surface area contributed by atoms with Crippen molar-refractivity contribution in [2.45, 2.75) is 18.9 Å². The Morgan fingerprint density at radius 2 is 1.62 bits per heavy atom. The molecule has 0 aromatic heterocycles. The summed E-state index contributed by atoms with van der Waals surface area (Å²) in [5, 5.41) is 21.3. The molecule has 0 bridgehead atoms. The van der Waals surface area contributed by atoms with Crippen molar-refractivity contribution < 1.29 is 19.8 Å². The van der Waals surface area contributed by atoms with E-state index >= 15 is 0 Å². The largest absolute Gasteiger partial charge is 0.394 e. The van der Waals surface area contributed by atoms with Gasteiger partial charge in [-0.25, -0.2) is 0 Å². The number of aliphatic hydroxyl groups is 2. The van der Waals surface area contributed by atoms with E-state index in [0.717, 1.165) is 0 Å². The van der Waals surface area contributed by atoms with Gasteiger partial charge in [-0.15, -0.1) is 0 Å². The SMILES string of the molecule is CC(CO)(CO)NCCCN1C(=O)c2ccccc2C1=O. The summed E-state index contributed by atoms with van der Waals surface area (Å²) in [6.07, 6.45) is 0.557. The molecule has 1 aromatic rings. The summed E-state index contributed by atoms with van der Waals surface area (Å²) in [7, 11) is 0. The molecule has 0 radical (unpaired) electrons. The van der Waals surface area contributed by atoms with E-state index < -0.39 is 5.54 Å². The fraction of sp³-hybridized carbons (Fsp3) is 0.467. The van der Waals surface area contributed by atoms with Gasteiger partial charge < -0.3 is 15.5 Å². The number of carbonyl (C=O) groups excluding carboxylic acids is 2. The molecule has 0 unspecified atom stereocenters. The summed E-state index contributed by atoms with van der Waals surface area (Å²) in [6.45, 7) is 2.14. The minimum Gasteiger partial charge on any atom is -0.394 e. The third kappa shape index (κ3) is 3.12. The summed E-state index contributed by atoms with van der Waals surface area (Å²) >= 11 is 0. The van der Waals surface area contributed by atoms with Gasteiger partial charge in [-0.3, -0.25) is 14.5 Å². The van der Waals surface area contributed by atoms with Gasteiger partial charge in [0.15, 0.2) is 0 Å². The summed E-state index contributed by atoms with van der Waals surface area (Å²) in [4.78, 5) is 25.5. The fourth-order valence-corrected chi connectivity index (χ4v) is 2.23. The molecule has 0 aliphatic carbocycles. The standard InChI is InChI=1S/C15H20N2O4/c1-15(9-18,10-19)16-7-4-8-17-13(20)11-5-2-3-6-12(11)14(17)21/h2-3,5-6,16,18-19H,4,7-10H2,1H3. The van der Waals surface area contributed by atoms with Crippen molar-refractivity contribution in [1.82, 2.24) is 10.2 Å². The van der Waals surface area contributed by atoms with Crippen molar-refractivity contribution in [3.8, 4) is 0 Å². The van der Waals surface area contributed by atoms with E-state index in [9.17, 15) is 9.59 Å². The molecule has 114 valence electrons. The highest BCUT2D eigenvalue weighted by atomic mass is 16.3. The third-order valence-corrected chi connectivity index (χ3v) is 3.69. The first kappa shape index (κ1) is 15.6. The van der Waals surface area contributed by atoms with Crippen molar-refractivity contribution in [3.63, 3.8) is 0 Å². The summed E-state index contributed by atoms with van der Waals surface area (Å²) in [5.74, 6) is -0.523. The maximum atomic E-state index is 12.1. The van der Waals surface area contributed by atoms with Crippen LogP contribution in [0.1, 0.15) is 34.1 Å². The zero-order valence-electron chi connectivity index (χ0n) is 12.0. The lowest BCUT2D eigenvalue weighted by Crippen LogP contribution is -2.49. The van der Waals surface area contributed by atoms with E-state index in [-0.39, 0.29) is 25.0 Å². The molecule has 0 saturated carbocycles. The molecule has 6 nitrogen and oxygen atoms in total. The van der Waals surface area contributed by atoms with Gasteiger partial charge in [0.25, 0.3) is 11.8 Å². The van der Waals surface area contributed by atoms with Crippen LogP contribution in [0.15, 0.2) is 24.3 Å². The number of fused-ring (bicyclic) bond motifs is 1. The minimum absolute atomic E-state index is 0.184. The average molecular weight is 292 g/mol. The zero-order chi connectivity index (χ0) is 15.5. The Hall–Kier alpha value is -1.76. The maximum Gasteiger partial charge on any atom is 0.261 e. The molecular weight excluding hydrogens is 272 g/mol. The van der Waals surface area contributed by atoms with Gasteiger partial charge in [0.05, 0.1) is 29.9 Å². The lowest BCUT2D eigenvalue weighted by Gasteiger charge is -2.26. The molecule has 2 amide bonds. The second-order valence-electron chi connectivity index (χ2n) is 5.46. The summed E-state index contributed by atoms with van der Waals surface area (Å²) in [6, 6.07) is 6.79. The topological polar surface area (TPSA) is 89.9 Å². The van der Waals surface area contributed by atoms with Crippen LogP contribution in [0.2, 0.25) is 0 Å². The fourth-order valence-electron chi connectivity index (χ4n) is 2.23. The van der Waals surface area contributed by atoms with Crippen molar-refractivity contribution in [1.29, 1.82) is 0 Å². The van der Waals surface area contributed by atoms with Crippen molar-refractivity contribution >= 4 is 11.8 Å². The number of hydrogen-bond acceptors (Lipinski definition) is 5.